The number of H-pyrrole nitrogens is 1. The van der Waals surface area contributed by atoms with Crippen LogP contribution in [0.25, 0.3) is 5.65 Å². The van der Waals surface area contributed by atoms with Gasteiger partial charge in [0.15, 0.2) is 5.65 Å². The smallest absolute Gasteiger partial charge is 0.276 e. The highest BCUT2D eigenvalue weighted by atomic mass is 16.2. The van der Waals surface area contributed by atoms with Gasteiger partial charge in [0.1, 0.15) is 5.82 Å². The standard InChI is InChI=1S/C19H24N6O2/c1-13-15(19(27)25-16(22-13)5-6-21-25)11-18(26)24-8-3-4-14(12-24)10-17-20-7-9-23(17)2/h5-7,9,14,21H,3-4,8,10-12H2,1-2H3. The number of aromatic amines is 1. The van der Waals surface area contributed by atoms with Crippen LogP contribution in [0.3, 0.4) is 0 Å². The minimum absolute atomic E-state index is 0.00644. The molecule has 0 aromatic carbocycles. The Morgan fingerprint density at radius 3 is 3.04 bits per heavy atom. The molecule has 0 radical (unpaired) electrons. The second-order valence-electron chi connectivity index (χ2n) is 7.32. The molecule has 1 fully saturated rings. The average molecular weight is 368 g/mol. The Morgan fingerprint density at radius 2 is 2.26 bits per heavy atom. The Balaban J connectivity index is 1.48. The van der Waals surface area contributed by atoms with Crippen molar-refractivity contribution < 1.29 is 4.79 Å². The predicted molar refractivity (Wildman–Crippen MR) is 100 cm³/mol. The predicted octanol–water partition coefficient (Wildman–Crippen LogP) is 1.09. The highest BCUT2D eigenvalue weighted by Crippen LogP contribution is 2.21. The molecule has 1 atom stereocenters. The zero-order valence-electron chi connectivity index (χ0n) is 15.7. The van der Waals surface area contributed by atoms with Gasteiger partial charge in [-0.3, -0.25) is 14.7 Å². The van der Waals surface area contributed by atoms with Gasteiger partial charge in [-0.2, -0.15) is 0 Å². The number of carbonyl (C=O) groups is 1. The number of rotatable bonds is 4. The van der Waals surface area contributed by atoms with E-state index in [1.54, 1.807) is 25.4 Å². The zero-order chi connectivity index (χ0) is 19.0. The third-order valence-electron chi connectivity index (χ3n) is 5.44. The number of nitrogens with one attached hydrogen (secondary N) is 1. The summed E-state index contributed by atoms with van der Waals surface area (Å²) < 4.78 is 3.41. The lowest BCUT2D eigenvalue weighted by Gasteiger charge is -2.32. The van der Waals surface area contributed by atoms with Crippen LogP contribution >= 0.6 is 0 Å². The number of amides is 1. The number of fused-ring (bicyclic) bond motifs is 1. The summed E-state index contributed by atoms with van der Waals surface area (Å²) in [6, 6.07) is 1.74. The summed E-state index contributed by atoms with van der Waals surface area (Å²) in [7, 11) is 1.99. The van der Waals surface area contributed by atoms with E-state index in [0.717, 1.165) is 31.6 Å². The molecule has 4 rings (SSSR count). The molecule has 27 heavy (non-hydrogen) atoms. The maximum atomic E-state index is 12.9. The van der Waals surface area contributed by atoms with Crippen LogP contribution in [-0.2, 0) is 24.7 Å². The van der Waals surface area contributed by atoms with Gasteiger partial charge in [0.05, 0.1) is 6.42 Å². The van der Waals surface area contributed by atoms with Crippen LogP contribution in [0.5, 0.6) is 0 Å². The fraction of sp³-hybridized carbons (Fsp3) is 0.474. The van der Waals surface area contributed by atoms with E-state index in [9.17, 15) is 9.59 Å². The quantitative estimate of drug-likeness (QED) is 0.747. The molecule has 0 spiro atoms. The third-order valence-corrected chi connectivity index (χ3v) is 5.44. The van der Waals surface area contributed by atoms with Crippen LogP contribution in [0, 0.1) is 12.8 Å². The van der Waals surface area contributed by atoms with Crippen LogP contribution in [0.4, 0.5) is 0 Å². The van der Waals surface area contributed by atoms with Gasteiger partial charge < -0.3 is 9.47 Å². The third kappa shape index (κ3) is 3.39. The molecule has 8 heteroatoms. The Labute approximate surface area is 156 Å². The van der Waals surface area contributed by atoms with E-state index < -0.39 is 0 Å². The van der Waals surface area contributed by atoms with E-state index in [0.29, 0.717) is 29.4 Å². The number of aromatic nitrogens is 5. The summed E-state index contributed by atoms with van der Waals surface area (Å²) in [4.78, 5) is 36.2. The van der Waals surface area contributed by atoms with Crippen molar-refractivity contribution in [1.29, 1.82) is 0 Å². The molecule has 1 saturated heterocycles. The van der Waals surface area contributed by atoms with E-state index >= 15 is 0 Å². The minimum atomic E-state index is -0.197. The Morgan fingerprint density at radius 1 is 1.41 bits per heavy atom. The van der Waals surface area contributed by atoms with E-state index in [4.69, 9.17) is 0 Å². The molecule has 3 aromatic heterocycles. The minimum Gasteiger partial charge on any atom is -0.342 e. The number of likely N-dealkylation sites (tertiary alicyclic amines) is 1. The second-order valence-corrected chi connectivity index (χ2v) is 7.32. The van der Waals surface area contributed by atoms with Gasteiger partial charge in [-0.1, -0.05) is 0 Å². The van der Waals surface area contributed by atoms with Crippen molar-refractivity contribution in [1.82, 2.24) is 29.0 Å². The van der Waals surface area contributed by atoms with E-state index in [1.807, 2.05) is 22.7 Å². The number of piperidine rings is 1. The lowest BCUT2D eigenvalue weighted by Crippen LogP contribution is -2.42. The zero-order valence-corrected chi connectivity index (χ0v) is 15.7. The first kappa shape index (κ1) is 17.5. The molecule has 0 aliphatic carbocycles. The lowest BCUT2D eigenvalue weighted by atomic mass is 9.94. The topological polar surface area (TPSA) is 88.3 Å². The number of imidazole rings is 1. The van der Waals surface area contributed by atoms with Gasteiger partial charge in [-0.05, 0) is 25.7 Å². The molecule has 142 valence electrons. The van der Waals surface area contributed by atoms with Crippen LogP contribution in [0.15, 0.2) is 29.5 Å². The van der Waals surface area contributed by atoms with Crippen LogP contribution in [-0.4, -0.2) is 48.0 Å². The Kier molecular flexibility index (Phi) is 4.55. The molecule has 0 bridgehead atoms. The monoisotopic (exact) mass is 368 g/mol. The van der Waals surface area contributed by atoms with Crippen molar-refractivity contribution in [3.05, 3.63) is 52.1 Å². The summed E-state index contributed by atoms with van der Waals surface area (Å²) in [6.07, 6.45) is 8.45. The summed E-state index contributed by atoms with van der Waals surface area (Å²) in [5.74, 6) is 1.44. The molecule has 1 unspecified atom stereocenters. The summed E-state index contributed by atoms with van der Waals surface area (Å²) in [5.41, 5.74) is 1.46. The second kappa shape index (κ2) is 7.02. The van der Waals surface area contributed by atoms with Crippen molar-refractivity contribution in [2.24, 2.45) is 13.0 Å². The SMILES string of the molecule is Cc1nc2cc[nH]n2c(=O)c1CC(=O)N1CCCC(Cc2nccn2C)C1. The number of hydrogen-bond donors (Lipinski definition) is 1. The van der Waals surface area contributed by atoms with Crippen molar-refractivity contribution in [3.63, 3.8) is 0 Å². The van der Waals surface area contributed by atoms with Gasteiger partial charge >= 0.3 is 0 Å². The Bertz CT molecular complexity index is 1030. The number of carbonyl (C=O) groups excluding carboxylic acids is 1. The first-order chi connectivity index (χ1) is 13.0. The molecular weight excluding hydrogens is 344 g/mol. The highest BCUT2D eigenvalue weighted by molar-refractivity contribution is 5.79. The molecule has 8 nitrogen and oxygen atoms in total. The van der Waals surface area contributed by atoms with Crippen molar-refractivity contribution in [3.8, 4) is 0 Å². The van der Waals surface area contributed by atoms with Crippen LogP contribution in [0.2, 0.25) is 0 Å². The number of hydrogen-bond acceptors (Lipinski definition) is 4. The van der Waals surface area contributed by atoms with E-state index in [-0.39, 0.29) is 17.9 Å². The first-order valence-corrected chi connectivity index (χ1v) is 9.32. The van der Waals surface area contributed by atoms with Crippen molar-refractivity contribution in [2.45, 2.75) is 32.6 Å². The maximum absolute atomic E-state index is 12.9. The fourth-order valence-electron chi connectivity index (χ4n) is 3.88. The molecule has 4 heterocycles. The maximum Gasteiger partial charge on any atom is 0.276 e. The summed E-state index contributed by atoms with van der Waals surface area (Å²) in [5, 5.41) is 2.85. The van der Waals surface area contributed by atoms with E-state index in [1.165, 1.54) is 4.52 Å². The van der Waals surface area contributed by atoms with Crippen LogP contribution < -0.4 is 5.56 Å². The molecule has 1 N–H and O–H groups in total. The molecular formula is C19H24N6O2. The summed E-state index contributed by atoms with van der Waals surface area (Å²) in [6.45, 7) is 3.25. The summed E-state index contributed by atoms with van der Waals surface area (Å²) >= 11 is 0. The van der Waals surface area contributed by atoms with Crippen molar-refractivity contribution >= 4 is 11.6 Å². The molecule has 3 aromatic rings. The molecule has 0 saturated carbocycles. The largest absolute Gasteiger partial charge is 0.342 e. The number of nitrogens with zero attached hydrogens (tertiary/aromatic N) is 5. The highest BCUT2D eigenvalue weighted by Gasteiger charge is 2.26. The number of aryl methyl sites for hydroxylation is 2. The van der Waals surface area contributed by atoms with Gasteiger partial charge in [0, 0.05) is 62.5 Å². The van der Waals surface area contributed by atoms with Gasteiger partial charge in [0.2, 0.25) is 5.91 Å². The van der Waals surface area contributed by atoms with Gasteiger partial charge in [0.25, 0.3) is 5.56 Å². The average Bonchev–Trinajstić information content (AvgIpc) is 3.28. The fourth-order valence-corrected chi connectivity index (χ4v) is 3.88. The van der Waals surface area contributed by atoms with Gasteiger partial charge in [-0.15, -0.1) is 0 Å². The van der Waals surface area contributed by atoms with Crippen molar-refractivity contribution in [2.75, 3.05) is 13.1 Å². The lowest BCUT2D eigenvalue weighted by molar-refractivity contribution is -0.132. The van der Waals surface area contributed by atoms with E-state index in [2.05, 4.69) is 15.1 Å². The first-order valence-electron chi connectivity index (χ1n) is 9.32. The van der Waals surface area contributed by atoms with Crippen LogP contribution in [0.1, 0.15) is 29.9 Å². The normalized spacial score (nSPS) is 17.6. The Hall–Kier alpha value is -2.90. The molecule has 1 aliphatic rings. The molecule has 1 amide bonds. The van der Waals surface area contributed by atoms with Gasteiger partial charge in [-0.25, -0.2) is 14.5 Å². The molecule has 1 aliphatic heterocycles.